The van der Waals surface area contributed by atoms with E-state index in [4.69, 9.17) is 10.8 Å². The molecular formula is C12H12N2O4S. The van der Waals surface area contributed by atoms with Crippen LogP contribution in [0.1, 0.15) is 0 Å². The highest BCUT2D eigenvalue weighted by Crippen LogP contribution is 2.21. The van der Waals surface area contributed by atoms with Crippen LogP contribution in [0.25, 0.3) is 10.9 Å². The number of nitrogens with zero attached hydrogens (tertiary/aromatic N) is 1. The highest BCUT2D eigenvalue weighted by molar-refractivity contribution is 7.91. The Morgan fingerprint density at radius 1 is 1.32 bits per heavy atom. The lowest BCUT2D eigenvalue weighted by Gasteiger charge is -2.09. The number of nitrogens with two attached hydrogens (primary N) is 1. The Hall–Kier alpha value is -1.99. The normalized spacial score (nSPS) is 13.3. The summed E-state index contributed by atoms with van der Waals surface area (Å²) < 4.78 is 24.4. The van der Waals surface area contributed by atoms with Gasteiger partial charge in [-0.25, -0.2) is 8.42 Å². The number of sulfone groups is 1. The largest absolute Gasteiger partial charge is 0.480 e. The molecule has 0 saturated heterocycles. The molecule has 0 aliphatic carbocycles. The first-order chi connectivity index (χ1) is 8.92. The van der Waals surface area contributed by atoms with E-state index in [1.807, 2.05) is 0 Å². The topological polar surface area (TPSA) is 110 Å². The van der Waals surface area contributed by atoms with Gasteiger partial charge in [-0.15, -0.1) is 0 Å². The molecular weight excluding hydrogens is 268 g/mol. The molecule has 0 amide bonds. The second kappa shape index (κ2) is 4.94. The van der Waals surface area contributed by atoms with Crippen LogP contribution >= 0.6 is 0 Å². The van der Waals surface area contributed by atoms with Gasteiger partial charge in [0.15, 0.2) is 9.84 Å². The summed E-state index contributed by atoms with van der Waals surface area (Å²) in [5, 5.41) is 9.37. The Balaban J connectivity index is 2.52. The maximum absolute atomic E-state index is 12.2. The standard InChI is InChI=1S/C12H12N2O4S/c13-9(12(15)16)7-19(17,18)10-5-1-3-8-4-2-6-14-11(8)10/h1-6,9H,7,13H2,(H,15,16). The molecule has 6 nitrogen and oxygen atoms in total. The van der Waals surface area contributed by atoms with E-state index in [2.05, 4.69) is 4.98 Å². The minimum atomic E-state index is -3.80. The molecule has 0 saturated carbocycles. The summed E-state index contributed by atoms with van der Waals surface area (Å²) >= 11 is 0. The van der Waals surface area contributed by atoms with Gasteiger partial charge in [-0.1, -0.05) is 18.2 Å². The second-order valence-corrected chi connectivity index (χ2v) is 6.06. The highest BCUT2D eigenvalue weighted by Gasteiger charge is 2.25. The fraction of sp³-hybridized carbons (Fsp3) is 0.167. The zero-order valence-corrected chi connectivity index (χ0v) is 10.7. The minimum Gasteiger partial charge on any atom is -0.480 e. The molecule has 0 aliphatic heterocycles. The summed E-state index contributed by atoms with van der Waals surface area (Å²) in [7, 11) is -3.80. The molecule has 0 radical (unpaired) electrons. The van der Waals surface area contributed by atoms with Crippen LogP contribution < -0.4 is 5.73 Å². The van der Waals surface area contributed by atoms with Crippen molar-refractivity contribution in [3.63, 3.8) is 0 Å². The van der Waals surface area contributed by atoms with Crippen molar-refractivity contribution in [3.05, 3.63) is 36.5 Å². The molecule has 0 spiro atoms. The maximum Gasteiger partial charge on any atom is 0.321 e. The van der Waals surface area contributed by atoms with E-state index in [1.54, 1.807) is 24.3 Å². The highest BCUT2D eigenvalue weighted by atomic mass is 32.2. The first-order valence-corrected chi connectivity index (χ1v) is 7.12. The fourth-order valence-electron chi connectivity index (χ4n) is 1.72. The van der Waals surface area contributed by atoms with Crippen molar-refractivity contribution in [2.75, 3.05) is 5.75 Å². The molecule has 3 N–H and O–H groups in total. The average Bonchev–Trinajstić information content (AvgIpc) is 2.37. The van der Waals surface area contributed by atoms with Crippen LogP contribution in [0.2, 0.25) is 0 Å². The number of carboxylic acid groups (broad SMARTS) is 1. The molecule has 2 aromatic rings. The number of aliphatic carboxylic acids is 1. The zero-order valence-electron chi connectivity index (χ0n) is 9.85. The van der Waals surface area contributed by atoms with Gasteiger partial charge < -0.3 is 10.8 Å². The predicted molar refractivity (Wildman–Crippen MR) is 69.4 cm³/mol. The molecule has 7 heteroatoms. The summed E-state index contributed by atoms with van der Waals surface area (Å²) in [6.45, 7) is 0. The molecule has 1 unspecified atom stereocenters. The fourth-order valence-corrected chi connectivity index (χ4v) is 3.27. The van der Waals surface area contributed by atoms with Gasteiger partial charge in [0.1, 0.15) is 6.04 Å². The van der Waals surface area contributed by atoms with Gasteiger partial charge in [-0.2, -0.15) is 0 Å². The molecule has 0 fully saturated rings. The first kappa shape index (κ1) is 13.4. The zero-order chi connectivity index (χ0) is 14.0. The smallest absolute Gasteiger partial charge is 0.321 e. The van der Waals surface area contributed by atoms with Crippen molar-refractivity contribution >= 4 is 26.7 Å². The molecule has 0 aliphatic rings. The predicted octanol–water partition coefficient (Wildman–Crippen LogP) is 0.420. The third-order valence-electron chi connectivity index (χ3n) is 2.65. The number of benzene rings is 1. The lowest BCUT2D eigenvalue weighted by molar-refractivity contribution is -0.137. The Morgan fingerprint density at radius 2 is 2.00 bits per heavy atom. The molecule has 1 aromatic heterocycles. The molecule has 0 bridgehead atoms. The number of para-hydroxylation sites is 1. The maximum atomic E-state index is 12.2. The molecule has 100 valence electrons. The Bertz CT molecular complexity index is 722. The third-order valence-corrected chi connectivity index (χ3v) is 4.44. The lowest BCUT2D eigenvalue weighted by atomic mass is 10.2. The Kier molecular flexibility index (Phi) is 3.50. The van der Waals surface area contributed by atoms with Crippen LogP contribution in [0.5, 0.6) is 0 Å². The van der Waals surface area contributed by atoms with Crippen molar-refractivity contribution in [2.24, 2.45) is 5.73 Å². The van der Waals surface area contributed by atoms with Gasteiger partial charge in [0.05, 0.1) is 16.2 Å². The van der Waals surface area contributed by atoms with Crippen LogP contribution in [-0.2, 0) is 14.6 Å². The van der Waals surface area contributed by atoms with Crippen LogP contribution in [-0.4, -0.2) is 36.3 Å². The summed E-state index contributed by atoms with van der Waals surface area (Å²) in [4.78, 5) is 14.7. The Morgan fingerprint density at radius 3 is 2.68 bits per heavy atom. The van der Waals surface area contributed by atoms with Gasteiger partial charge in [-0.3, -0.25) is 9.78 Å². The quantitative estimate of drug-likeness (QED) is 0.839. The number of rotatable bonds is 4. The first-order valence-electron chi connectivity index (χ1n) is 5.47. The number of fused-ring (bicyclic) bond motifs is 1. The van der Waals surface area contributed by atoms with Gasteiger partial charge in [0, 0.05) is 11.6 Å². The van der Waals surface area contributed by atoms with E-state index in [1.165, 1.54) is 12.3 Å². The van der Waals surface area contributed by atoms with Crippen LogP contribution in [0.15, 0.2) is 41.4 Å². The number of hydrogen-bond acceptors (Lipinski definition) is 5. The lowest BCUT2D eigenvalue weighted by Crippen LogP contribution is -2.37. The monoisotopic (exact) mass is 280 g/mol. The molecule has 1 heterocycles. The number of carboxylic acids is 1. The van der Waals surface area contributed by atoms with E-state index in [0.717, 1.165) is 0 Å². The van der Waals surface area contributed by atoms with Gasteiger partial charge in [0.25, 0.3) is 0 Å². The Labute approximate surface area is 109 Å². The summed E-state index contributed by atoms with van der Waals surface area (Å²) in [6.07, 6.45) is 1.48. The average molecular weight is 280 g/mol. The van der Waals surface area contributed by atoms with Crippen LogP contribution in [0, 0.1) is 0 Å². The molecule has 2 rings (SSSR count). The summed E-state index contributed by atoms with van der Waals surface area (Å²) in [6, 6.07) is 6.70. The second-order valence-electron chi connectivity index (χ2n) is 4.06. The van der Waals surface area contributed by atoms with Crippen molar-refractivity contribution in [2.45, 2.75) is 10.9 Å². The SMILES string of the molecule is NC(CS(=O)(=O)c1cccc2cccnc12)C(=O)O. The minimum absolute atomic E-state index is 0.00213. The van der Waals surface area contributed by atoms with Crippen molar-refractivity contribution in [1.82, 2.24) is 4.98 Å². The summed E-state index contributed by atoms with van der Waals surface area (Å²) in [5.41, 5.74) is 5.61. The van der Waals surface area contributed by atoms with E-state index < -0.39 is 27.6 Å². The van der Waals surface area contributed by atoms with Crippen LogP contribution in [0.4, 0.5) is 0 Å². The number of carbonyl (C=O) groups is 1. The van der Waals surface area contributed by atoms with Gasteiger partial charge in [-0.05, 0) is 12.1 Å². The van der Waals surface area contributed by atoms with Gasteiger partial charge in [0.2, 0.25) is 0 Å². The number of aromatic nitrogens is 1. The van der Waals surface area contributed by atoms with Crippen molar-refractivity contribution in [3.8, 4) is 0 Å². The molecule has 1 atom stereocenters. The van der Waals surface area contributed by atoms with E-state index in [0.29, 0.717) is 10.9 Å². The van der Waals surface area contributed by atoms with E-state index in [-0.39, 0.29) is 4.90 Å². The van der Waals surface area contributed by atoms with Gasteiger partial charge >= 0.3 is 5.97 Å². The van der Waals surface area contributed by atoms with E-state index in [9.17, 15) is 13.2 Å². The van der Waals surface area contributed by atoms with Crippen molar-refractivity contribution in [1.29, 1.82) is 0 Å². The van der Waals surface area contributed by atoms with E-state index >= 15 is 0 Å². The number of hydrogen-bond donors (Lipinski definition) is 2. The molecule has 19 heavy (non-hydrogen) atoms. The van der Waals surface area contributed by atoms with Crippen molar-refractivity contribution < 1.29 is 18.3 Å². The van der Waals surface area contributed by atoms with Crippen LogP contribution in [0.3, 0.4) is 0 Å². The molecule has 1 aromatic carbocycles. The summed E-state index contributed by atoms with van der Waals surface area (Å²) in [5.74, 6) is -2.00. The third kappa shape index (κ3) is 2.72. The number of pyridine rings is 1.